The number of nitrogens with one attached hydrogen (secondary N) is 1. The molecule has 3 aromatic carbocycles. The van der Waals surface area contributed by atoms with E-state index in [0.29, 0.717) is 23.9 Å². The van der Waals surface area contributed by atoms with Gasteiger partial charge in [0.1, 0.15) is 11.5 Å². The summed E-state index contributed by atoms with van der Waals surface area (Å²) in [6.07, 6.45) is 2.10. The first-order valence-corrected chi connectivity index (χ1v) is 12.9. The number of carbonyl (C=O) groups is 2. The number of ether oxygens (including phenoxy) is 2. The molecule has 1 heterocycles. The zero-order chi connectivity index (χ0) is 27.8. The Kier molecular flexibility index (Phi) is 8.99. The molecule has 0 aliphatic heterocycles. The van der Waals surface area contributed by atoms with Gasteiger partial charge in [-0.3, -0.25) is 19.5 Å². The van der Waals surface area contributed by atoms with Crippen LogP contribution in [0.2, 0.25) is 0 Å². The van der Waals surface area contributed by atoms with Crippen molar-refractivity contribution in [1.29, 1.82) is 0 Å². The third-order valence-corrected chi connectivity index (χ3v) is 6.14. The van der Waals surface area contributed by atoms with Crippen molar-refractivity contribution in [3.63, 3.8) is 0 Å². The van der Waals surface area contributed by atoms with Crippen LogP contribution in [0.25, 0.3) is 16.9 Å². The highest BCUT2D eigenvalue weighted by Crippen LogP contribution is 2.27. The van der Waals surface area contributed by atoms with Gasteiger partial charge < -0.3 is 14.4 Å². The largest absolute Gasteiger partial charge is 0.497 e. The number of hydrogen-bond donors (Lipinski definition) is 1. The Labute approximate surface area is 229 Å². The fraction of sp³-hybridized carbons (Fsp3) is 0.258. The number of aromatic nitrogens is 2. The molecule has 1 N–H and O–H groups in total. The van der Waals surface area contributed by atoms with Crippen LogP contribution < -0.4 is 14.8 Å². The van der Waals surface area contributed by atoms with E-state index in [-0.39, 0.29) is 30.7 Å². The van der Waals surface area contributed by atoms with Crippen molar-refractivity contribution in [3.05, 3.63) is 90.6 Å². The van der Waals surface area contributed by atoms with Gasteiger partial charge in [-0.05, 0) is 47.9 Å². The summed E-state index contributed by atoms with van der Waals surface area (Å²) in [5, 5.41) is 2.94. The minimum absolute atomic E-state index is 0.0756. The first-order valence-electron chi connectivity index (χ1n) is 12.9. The van der Waals surface area contributed by atoms with Gasteiger partial charge in [0, 0.05) is 24.0 Å². The van der Waals surface area contributed by atoms with E-state index in [9.17, 15) is 9.59 Å². The molecule has 39 heavy (non-hydrogen) atoms. The highest BCUT2D eigenvalue weighted by atomic mass is 16.5. The molecule has 1 aromatic heterocycles. The molecule has 0 saturated carbocycles. The molecule has 2 amide bonds. The lowest BCUT2D eigenvalue weighted by atomic mass is 10.1. The van der Waals surface area contributed by atoms with E-state index in [0.717, 1.165) is 22.6 Å². The van der Waals surface area contributed by atoms with Gasteiger partial charge in [0.15, 0.2) is 0 Å². The lowest BCUT2D eigenvalue weighted by Gasteiger charge is -2.24. The first-order chi connectivity index (χ1) is 18.9. The second-order valence-corrected chi connectivity index (χ2v) is 9.63. The number of amides is 2. The second kappa shape index (κ2) is 12.8. The van der Waals surface area contributed by atoms with Crippen LogP contribution in [0.5, 0.6) is 11.5 Å². The van der Waals surface area contributed by atoms with Crippen molar-refractivity contribution in [1.82, 2.24) is 14.5 Å². The summed E-state index contributed by atoms with van der Waals surface area (Å²) in [6.45, 7) is 4.45. The summed E-state index contributed by atoms with van der Waals surface area (Å²) >= 11 is 0. The van der Waals surface area contributed by atoms with E-state index in [2.05, 4.69) is 5.32 Å². The van der Waals surface area contributed by atoms with Gasteiger partial charge in [-0.25, -0.2) is 4.98 Å². The summed E-state index contributed by atoms with van der Waals surface area (Å²) < 4.78 is 12.5. The van der Waals surface area contributed by atoms with Gasteiger partial charge in [-0.1, -0.05) is 56.3 Å². The minimum atomic E-state index is -0.324. The zero-order valence-corrected chi connectivity index (χ0v) is 22.8. The van der Waals surface area contributed by atoms with Gasteiger partial charge >= 0.3 is 0 Å². The molecule has 0 bridgehead atoms. The highest BCUT2D eigenvalue weighted by molar-refractivity contribution is 5.94. The van der Waals surface area contributed by atoms with Crippen molar-refractivity contribution < 1.29 is 19.1 Å². The number of imidazole rings is 1. The molecule has 0 unspecified atom stereocenters. The maximum atomic E-state index is 13.3. The van der Waals surface area contributed by atoms with Gasteiger partial charge in [0.2, 0.25) is 17.8 Å². The third kappa shape index (κ3) is 7.25. The molecule has 0 fully saturated rings. The van der Waals surface area contributed by atoms with Crippen molar-refractivity contribution >= 4 is 17.8 Å². The third-order valence-electron chi connectivity index (χ3n) is 6.14. The Balaban J connectivity index is 1.60. The van der Waals surface area contributed by atoms with E-state index >= 15 is 0 Å². The number of carbonyl (C=O) groups excluding carboxylic acids is 2. The van der Waals surface area contributed by atoms with E-state index in [1.54, 1.807) is 19.1 Å². The molecule has 8 heteroatoms. The lowest BCUT2D eigenvalue weighted by molar-refractivity contribution is -0.134. The van der Waals surface area contributed by atoms with E-state index < -0.39 is 0 Å². The quantitative estimate of drug-likeness (QED) is 0.290. The van der Waals surface area contributed by atoms with Gasteiger partial charge in [0.05, 0.1) is 32.9 Å². The normalized spacial score (nSPS) is 10.8. The molecule has 0 aliphatic carbocycles. The van der Waals surface area contributed by atoms with E-state index in [1.807, 2.05) is 103 Å². The van der Waals surface area contributed by atoms with Gasteiger partial charge in [0.25, 0.3) is 0 Å². The highest BCUT2D eigenvalue weighted by Gasteiger charge is 2.21. The molecule has 4 aromatic rings. The number of nitrogens with zero attached hydrogens (tertiary/aromatic N) is 3. The summed E-state index contributed by atoms with van der Waals surface area (Å²) in [5.41, 5.74) is 3.22. The second-order valence-electron chi connectivity index (χ2n) is 9.63. The Morgan fingerprint density at radius 1 is 0.923 bits per heavy atom. The fourth-order valence-corrected chi connectivity index (χ4v) is 4.24. The lowest BCUT2D eigenvalue weighted by Crippen LogP contribution is -2.41. The molecule has 8 nitrogen and oxygen atoms in total. The Morgan fingerprint density at radius 2 is 1.64 bits per heavy atom. The van der Waals surface area contributed by atoms with Crippen LogP contribution in [-0.2, 0) is 16.0 Å². The van der Waals surface area contributed by atoms with Crippen molar-refractivity contribution in [2.45, 2.75) is 20.3 Å². The maximum absolute atomic E-state index is 13.3. The molecule has 0 atom stereocenters. The average Bonchev–Trinajstić information content (AvgIpc) is 3.36. The first kappa shape index (κ1) is 27.4. The number of rotatable bonds is 11. The van der Waals surface area contributed by atoms with Crippen LogP contribution >= 0.6 is 0 Å². The Bertz CT molecular complexity index is 1400. The molecule has 0 radical (unpaired) electrons. The predicted octanol–water partition coefficient (Wildman–Crippen LogP) is 5.22. The molecular formula is C31H34N4O4. The molecular weight excluding hydrogens is 492 g/mol. The number of benzene rings is 3. The molecule has 4 rings (SSSR count). The smallest absolute Gasteiger partial charge is 0.246 e. The van der Waals surface area contributed by atoms with E-state index in [4.69, 9.17) is 14.5 Å². The van der Waals surface area contributed by atoms with Crippen LogP contribution in [-0.4, -0.2) is 53.6 Å². The van der Waals surface area contributed by atoms with Crippen LogP contribution in [0.4, 0.5) is 5.95 Å². The topological polar surface area (TPSA) is 85.7 Å². The number of methoxy groups -OCH3 is 2. The minimum Gasteiger partial charge on any atom is -0.497 e. The predicted molar refractivity (Wildman–Crippen MR) is 152 cm³/mol. The summed E-state index contributed by atoms with van der Waals surface area (Å²) in [5.74, 6) is 1.56. The van der Waals surface area contributed by atoms with Gasteiger partial charge in [-0.2, -0.15) is 0 Å². The molecule has 0 saturated heterocycles. The Morgan fingerprint density at radius 3 is 2.31 bits per heavy atom. The maximum Gasteiger partial charge on any atom is 0.246 e. The molecule has 0 spiro atoms. The average molecular weight is 527 g/mol. The summed E-state index contributed by atoms with van der Waals surface area (Å²) in [6, 6.07) is 24.6. The van der Waals surface area contributed by atoms with Crippen LogP contribution in [0, 0.1) is 5.92 Å². The monoisotopic (exact) mass is 526 g/mol. The number of hydrogen-bond acceptors (Lipinski definition) is 5. The van der Waals surface area contributed by atoms with E-state index in [1.165, 1.54) is 0 Å². The van der Waals surface area contributed by atoms with Crippen LogP contribution in [0.15, 0.2) is 85.1 Å². The summed E-state index contributed by atoms with van der Waals surface area (Å²) in [7, 11) is 3.23. The standard InChI is InChI=1S/C31H34N4O4/c1-22(2)19-34(30(37)17-23-9-6-5-7-10-23)21-29(36)33-31-32-28(24-11-8-12-27(18-24)39-4)20-35(31)25-13-15-26(38-3)16-14-25/h5-16,18,20,22H,17,19,21H2,1-4H3,(H,32,33,36). The van der Waals surface area contributed by atoms with Crippen molar-refractivity contribution in [2.24, 2.45) is 5.92 Å². The molecule has 0 aliphatic rings. The van der Waals surface area contributed by atoms with Gasteiger partial charge in [-0.15, -0.1) is 0 Å². The van der Waals surface area contributed by atoms with Crippen LogP contribution in [0.1, 0.15) is 19.4 Å². The Hall–Kier alpha value is -4.59. The van der Waals surface area contributed by atoms with Crippen LogP contribution in [0.3, 0.4) is 0 Å². The van der Waals surface area contributed by atoms with Crippen molar-refractivity contribution in [2.75, 3.05) is 32.6 Å². The summed E-state index contributed by atoms with van der Waals surface area (Å²) in [4.78, 5) is 32.8. The fourth-order valence-electron chi connectivity index (χ4n) is 4.24. The zero-order valence-electron chi connectivity index (χ0n) is 22.8. The SMILES string of the molecule is COc1ccc(-n2cc(-c3cccc(OC)c3)nc2NC(=O)CN(CC(C)C)C(=O)Cc2ccccc2)cc1. The number of anilines is 1. The molecule has 202 valence electrons. The van der Waals surface area contributed by atoms with Crippen molar-refractivity contribution in [3.8, 4) is 28.4 Å².